The van der Waals surface area contributed by atoms with Crippen LogP contribution in [0.1, 0.15) is 65.4 Å². The molecule has 0 unspecified atom stereocenters. The molecule has 1 aliphatic carbocycles. The monoisotopic (exact) mass is 530 g/mol. The first-order valence-corrected chi connectivity index (χ1v) is 14.4. The van der Waals surface area contributed by atoms with Crippen LogP contribution in [-0.2, 0) is 27.7 Å². The Bertz CT molecular complexity index is 1270. The maximum atomic E-state index is 13.1. The predicted molar refractivity (Wildman–Crippen MR) is 136 cm³/mol. The molecule has 4 rings (SSSR count). The number of fused-ring (bicyclic) bond motifs is 1. The maximum absolute atomic E-state index is 13.1. The van der Waals surface area contributed by atoms with Gasteiger partial charge in [0.25, 0.3) is 5.91 Å². The summed E-state index contributed by atoms with van der Waals surface area (Å²) in [5.41, 5.74) is 1.53. The van der Waals surface area contributed by atoms with Crippen molar-refractivity contribution in [1.82, 2.24) is 9.21 Å². The molecule has 1 fully saturated rings. The van der Waals surface area contributed by atoms with Crippen LogP contribution in [0.3, 0.4) is 0 Å². The van der Waals surface area contributed by atoms with E-state index in [2.05, 4.69) is 11.4 Å². The molecule has 1 aromatic heterocycles. The molecule has 1 aromatic carbocycles. The van der Waals surface area contributed by atoms with Crippen LogP contribution >= 0.6 is 11.3 Å². The number of nitrogens with zero attached hydrogens (tertiary/aromatic N) is 3. The van der Waals surface area contributed by atoms with Gasteiger partial charge in [-0.1, -0.05) is 19.3 Å². The van der Waals surface area contributed by atoms with Gasteiger partial charge in [0, 0.05) is 30.1 Å². The minimum atomic E-state index is -3.65. The van der Waals surface area contributed by atoms with E-state index in [9.17, 15) is 23.3 Å². The van der Waals surface area contributed by atoms with Gasteiger partial charge in [0.1, 0.15) is 11.1 Å². The highest BCUT2D eigenvalue weighted by atomic mass is 32.2. The summed E-state index contributed by atoms with van der Waals surface area (Å²) >= 11 is 1.27. The number of hydrogen-bond acceptors (Lipinski definition) is 7. The number of anilines is 1. The van der Waals surface area contributed by atoms with Gasteiger partial charge in [0.05, 0.1) is 23.6 Å². The molecule has 9 nitrogen and oxygen atoms in total. The molecule has 2 aliphatic rings. The quantitative estimate of drug-likeness (QED) is 0.593. The number of nitriles is 1. The standard InChI is InChI=1S/C25H30N4O5S2/c1-3-34-25(31)29-14-13-20-21(15-26)24(35-22(20)16-29)27-23(30)17-9-11-19(12-10-17)36(32,33)28(2)18-7-5-4-6-8-18/h9-12,18H,3-8,13-14,16H2,1-2H3,(H,27,30). The molecular weight excluding hydrogens is 500 g/mol. The Labute approximate surface area is 215 Å². The fourth-order valence-corrected chi connectivity index (χ4v) is 7.37. The summed E-state index contributed by atoms with van der Waals surface area (Å²) in [7, 11) is -2.03. The van der Waals surface area contributed by atoms with Crippen LogP contribution in [0.25, 0.3) is 0 Å². The SMILES string of the molecule is CCOC(=O)N1CCc2c(sc(NC(=O)c3ccc(S(=O)(=O)N(C)C4CCCCC4)cc3)c2C#N)C1. The van der Waals surface area contributed by atoms with E-state index in [4.69, 9.17) is 4.74 Å². The largest absolute Gasteiger partial charge is 0.450 e. The van der Waals surface area contributed by atoms with Crippen molar-refractivity contribution in [2.45, 2.75) is 62.9 Å². The number of rotatable bonds is 6. The Morgan fingerprint density at radius 1 is 1.22 bits per heavy atom. The maximum Gasteiger partial charge on any atom is 0.410 e. The number of nitrogens with one attached hydrogen (secondary N) is 1. The van der Waals surface area contributed by atoms with Gasteiger partial charge in [-0.05, 0) is 56.0 Å². The zero-order valence-electron chi connectivity index (χ0n) is 20.5. The minimum absolute atomic E-state index is 0.000687. The zero-order valence-corrected chi connectivity index (χ0v) is 22.1. The number of amides is 2. The topological polar surface area (TPSA) is 120 Å². The van der Waals surface area contributed by atoms with Crippen molar-refractivity contribution in [2.24, 2.45) is 0 Å². The van der Waals surface area contributed by atoms with E-state index >= 15 is 0 Å². The van der Waals surface area contributed by atoms with Crippen LogP contribution in [0.2, 0.25) is 0 Å². The smallest absolute Gasteiger partial charge is 0.410 e. The van der Waals surface area contributed by atoms with Gasteiger partial charge >= 0.3 is 6.09 Å². The van der Waals surface area contributed by atoms with Gasteiger partial charge in [0.2, 0.25) is 10.0 Å². The molecule has 1 aliphatic heterocycles. The Morgan fingerprint density at radius 2 is 1.92 bits per heavy atom. The number of carbonyl (C=O) groups excluding carboxylic acids is 2. The van der Waals surface area contributed by atoms with E-state index in [1.165, 1.54) is 39.9 Å². The predicted octanol–water partition coefficient (Wildman–Crippen LogP) is 4.34. The van der Waals surface area contributed by atoms with Crippen LogP contribution in [0.5, 0.6) is 0 Å². The van der Waals surface area contributed by atoms with Gasteiger partial charge in [-0.2, -0.15) is 9.57 Å². The number of sulfonamides is 1. The minimum Gasteiger partial charge on any atom is -0.450 e. The van der Waals surface area contributed by atoms with Gasteiger partial charge in [0.15, 0.2) is 0 Å². The van der Waals surface area contributed by atoms with Crippen LogP contribution in [0, 0.1) is 11.3 Å². The third kappa shape index (κ3) is 5.26. The van der Waals surface area contributed by atoms with Gasteiger partial charge in [-0.25, -0.2) is 13.2 Å². The highest BCUT2D eigenvalue weighted by Crippen LogP contribution is 2.37. The number of thiophene rings is 1. The Balaban J connectivity index is 1.48. The molecule has 1 saturated carbocycles. The lowest BCUT2D eigenvalue weighted by Gasteiger charge is -2.30. The molecule has 1 N–H and O–H groups in total. The lowest BCUT2D eigenvalue weighted by molar-refractivity contribution is 0.102. The summed E-state index contributed by atoms with van der Waals surface area (Å²) < 4.78 is 32.7. The van der Waals surface area contributed by atoms with E-state index < -0.39 is 22.0 Å². The molecule has 0 spiro atoms. The van der Waals surface area contributed by atoms with Crippen molar-refractivity contribution in [1.29, 1.82) is 5.26 Å². The van der Waals surface area contributed by atoms with Gasteiger partial charge < -0.3 is 15.0 Å². The Kier molecular flexibility index (Phi) is 7.97. The van der Waals surface area contributed by atoms with E-state index in [-0.39, 0.29) is 23.1 Å². The molecule has 2 heterocycles. The summed E-state index contributed by atoms with van der Waals surface area (Å²) in [4.78, 5) is 27.6. The van der Waals surface area contributed by atoms with Gasteiger partial charge in [-0.15, -0.1) is 11.3 Å². The molecule has 0 saturated heterocycles. The molecular formula is C25H30N4O5S2. The van der Waals surface area contributed by atoms with Crippen molar-refractivity contribution in [2.75, 3.05) is 25.5 Å². The van der Waals surface area contributed by atoms with E-state index in [0.29, 0.717) is 30.1 Å². The second kappa shape index (κ2) is 11.0. The summed E-state index contributed by atoms with van der Waals surface area (Å²) in [6.45, 7) is 2.80. The zero-order chi connectivity index (χ0) is 25.9. The number of hydrogen-bond donors (Lipinski definition) is 1. The Hall–Kier alpha value is -2.94. The third-order valence-corrected chi connectivity index (χ3v) is 9.86. The number of carbonyl (C=O) groups is 2. The lowest BCUT2D eigenvalue weighted by Crippen LogP contribution is -2.38. The van der Waals surface area contributed by atoms with Crippen LogP contribution < -0.4 is 5.32 Å². The fraction of sp³-hybridized carbons (Fsp3) is 0.480. The molecule has 11 heteroatoms. The summed E-state index contributed by atoms with van der Waals surface area (Å²) in [6, 6.07) is 8.05. The highest BCUT2D eigenvalue weighted by Gasteiger charge is 2.30. The number of ether oxygens (including phenoxy) is 1. The lowest BCUT2D eigenvalue weighted by atomic mass is 9.96. The first-order chi connectivity index (χ1) is 17.3. The summed E-state index contributed by atoms with van der Waals surface area (Å²) in [5.74, 6) is -0.433. The van der Waals surface area contributed by atoms with Crippen LogP contribution in [-0.4, -0.2) is 55.9 Å². The van der Waals surface area contributed by atoms with E-state index in [1.807, 2.05) is 0 Å². The Morgan fingerprint density at radius 3 is 2.56 bits per heavy atom. The molecule has 2 amide bonds. The highest BCUT2D eigenvalue weighted by molar-refractivity contribution is 7.89. The number of benzene rings is 1. The van der Waals surface area contributed by atoms with Crippen LogP contribution in [0.4, 0.5) is 9.80 Å². The van der Waals surface area contributed by atoms with Crippen molar-refractivity contribution >= 4 is 38.4 Å². The molecule has 192 valence electrons. The average Bonchev–Trinajstić information content (AvgIpc) is 3.24. The first kappa shape index (κ1) is 26.1. The second-order valence-electron chi connectivity index (χ2n) is 8.98. The van der Waals surface area contributed by atoms with Crippen molar-refractivity contribution < 1.29 is 22.7 Å². The van der Waals surface area contributed by atoms with E-state index in [1.54, 1.807) is 18.9 Å². The molecule has 0 bridgehead atoms. The molecule has 36 heavy (non-hydrogen) atoms. The van der Waals surface area contributed by atoms with Crippen molar-refractivity contribution in [3.8, 4) is 6.07 Å². The fourth-order valence-electron chi connectivity index (χ4n) is 4.74. The molecule has 0 atom stereocenters. The molecule has 0 radical (unpaired) electrons. The molecule has 2 aromatic rings. The normalized spacial score (nSPS) is 16.3. The summed E-state index contributed by atoms with van der Waals surface area (Å²) in [6.07, 6.45) is 5.02. The first-order valence-electron chi connectivity index (χ1n) is 12.1. The van der Waals surface area contributed by atoms with Crippen molar-refractivity contribution in [3.63, 3.8) is 0 Å². The summed E-state index contributed by atoms with van der Waals surface area (Å²) in [5, 5.41) is 12.9. The average molecular weight is 531 g/mol. The van der Waals surface area contributed by atoms with Crippen LogP contribution in [0.15, 0.2) is 29.2 Å². The second-order valence-corrected chi connectivity index (χ2v) is 12.1. The van der Waals surface area contributed by atoms with Crippen molar-refractivity contribution in [3.05, 3.63) is 45.8 Å². The van der Waals surface area contributed by atoms with E-state index in [0.717, 1.165) is 42.5 Å². The van der Waals surface area contributed by atoms with Gasteiger partial charge in [-0.3, -0.25) is 4.79 Å². The third-order valence-electron chi connectivity index (χ3n) is 6.80.